The Hall–Kier alpha value is -1.13. The Balaban J connectivity index is 3.10. The molecule has 0 aromatic heterocycles. The largest absolute Gasteiger partial charge is 0.512 e. The lowest BCUT2D eigenvalue weighted by atomic mass is 9.99. The third-order valence-electron chi connectivity index (χ3n) is 2.90. The number of benzene rings is 1. The van der Waals surface area contributed by atoms with E-state index in [-0.39, 0.29) is 5.92 Å². The van der Waals surface area contributed by atoms with Gasteiger partial charge in [-0.3, -0.25) is 0 Å². The molecule has 0 heterocycles. The zero-order valence-corrected chi connectivity index (χ0v) is 12.8. The van der Waals surface area contributed by atoms with Crippen LogP contribution in [0, 0.1) is 0 Å². The molecule has 0 radical (unpaired) electrons. The van der Waals surface area contributed by atoms with E-state index in [0.29, 0.717) is 4.13 Å². The molecule has 0 fully saturated rings. The summed E-state index contributed by atoms with van der Waals surface area (Å²) in [5, 5.41) is 0. The Bertz CT molecular complexity index is 694. The lowest BCUT2D eigenvalue weighted by molar-refractivity contribution is -0.0441. The van der Waals surface area contributed by atoms with Crippen molar-refractivity contribution in [3.63, 3.8) is 0 Å². The Morgan fingerprint density at radius 2 is 1.57 bits per heavy atom. The van der Waals surface area contributed by atoms with Gasteiger partial charge in [-0.15, -0.1) is 0 Å². The monoisotopic (exact) mass is 345 g/mol. The van der Waals surface area contributed by atoms with Crippen LogP contribution >= 0.6 is 0 Å². The molecule has 1 unspecified atom stereocenters. The highest BCUT2D eigenvalue weighted by atomic mass is 32.3. The van der Waals surface area contributed by atoms with Gasteiger partial charge in [0.2, 0.25) is 0 Å². The van der Waals surface area contributed by atoms with Crippen LogP contribution in [0.1, 0.15) is 31.7 Å². The van der Waals surface area contributed by atoms with Gasteiger partial charge in [0.05, 0.1) is 4.90 Å². The first-order valence-electron chi connectivity index (χ1n) is 5.85. The minimum atomic E-state index is -5.97. The summed E-state index contributed by atoms with van der Waals surface area (Å²) in [5.41, 5.74) is -4.90. The van der Waals surface area contributed by atoms with E-state index in [1.165, 1.54) is 12.1 Å². The van der Waals surface area contributed by atoms with Gasteiger partial charge < -0.3 is 0 Å². The maximum Gasteiger partial charge on any atom is 0.512 e. The lowest BCUT2D eigenvalue weighted by Gasteiger charge is -2.12. The molecular formula is C11H14F3NO4S2. The fourth-order valence-electron chi connectivity index (χ4n) is 1.45. The number of alkyl halides is 3. The van der Waals surface area contributed by atoms with Gasteiger partial charge in [-0.2, -0.15) is 13.2 Å². The molecule has 1 N–H and O–H groups in total. The van der Waals surface area contributed by atoms with Crippen molar-refractivity contribution in [2.45, 2.75) is 36.6 Å². The van der Waals surface area contributed by atoms with Crippen molar-refractivity contribution < 1.29 is 30.0 Å². The molecule has 0 aliphatic heterocycles. The molecule has 0 bridgehead atoms. The quantitative estimate of drug-likeness (QED) is 0.888. The summed E-state index contributed by atoms with van der Waals surface area (Å²) in [4.78, 5) is -0.553. The number of hydrogen-bond donors (Lipinski definition) is 1. The highest BCUT2D eigenvalue weighted by Crippen LogP contribution is 2.24. The zero-order valence-electron chi connectivity index (χ0n) is 11.2. The van der Waals surface area contributed by atoms with Gasteiger partial charge >= 0.3 is 15.5 Å². The molecular weight excluding hydrogens is 331 g/mol. The van der Waals surface area contributed by atoms with Crippen LogP contribution in [-0.2, 0) is 20.0 Å². The van der Waals surface area contributed by atoms with E-state index in [1.807, 2.05) is 13.8 Å². The summed E-state index contributed by atoms with van der Waals surface area (Å²) in [6.07, 6.45) is 0.798. The van der Waals surface area contributed by atoms with Gasteiger partial charge in [0.1, 0.15) is 0 Å². The molecule has 21 heavy (non-hydrogen) atoms. The van der Waals surface area contributed by atoms with Gasteiger partial charge in [0.25, 0.3) is 10.0 Å². The van der Waals surface area contributed by atoms with Crippen molar-refractivity contribution in [1.29, 1.82) is 0 Å². The van der Waals surface area contributed by atoms with E-state index in [4.69, 9.17) is 0 Å². The Labute approximate surface area is 121 Å². The van der Waals surface area contributed by atoms with Crippen molar-refractivity contribution in [2.75, 3.05) is 0 Å². The standard InChI is InChI=1S/C11H14F3NO4S2/c1-3-8(2)9-4-6-10(7-5-9)20(16,17)15-21(18,19)11(12,13)14/h4-8,15H,3H2,1-2H3. The summed E-state index contributed by atoms with van der Waals surface area (Å²) in [7, 11) is -10.8. The second kappa shape index (κ2) is 5.93. The van der Waals surface area contributed by atoms with E-state index in [9.17, 15) is 30.0 Å². The number of sulfonamides is 2. The highest BCUT2D eigenvalue weighted by Gasteiger charge is 2.48. The van der Waals surface area contributed by atoms with Crippen LogP contribution in [0.4, 0.5) is 13.2 Å². The molecule has 0 saturated heterocycles. The van der Waals surface area contributed by atoms with Crippen LogP contribution in [-0.4, -0.2) is 22.3 Å². The molecule has 1 rings (SSSR count). The Kier molecular flexibility index (Phi) is 5.06. The Morgan fingerprint density at radius 1 is 1.10 bits per heavy atom. The first kappa shape index (κ1) is 17.9. The first-order valence-corrected chi connectivity index (χ1v) is 8.82. The third-order valence-corrected chi connectivity index (χ3v) is 6.15. The van der Waals surface area contributed by atoms with E-state index < -0.39 is 30.5 Å². The summed E-state index contributed by atoms with van der Waals surface area (Å²) < 4.78 is 82.2. The summed E-state index contributed by atoms with van der Waals surface area (Å²) in [5.74, 6) is 0.147. The minimum absolute atomic E-state index is 0.147. The predicted molar refractivity (Wildman–Crippen MR) is 70.4 cm³/mol. The maximum atomic E-state index is 12.2. The first-order chi connectivity index (χ1) is 9.40. The third kappa shape index (κ3) is 4.17. The van der Waals surface area contributed by atoms with Crippen LogP contribution in [0.3, 0.4) is 0 Å². The normalized spacial score (nSPS) is 14.9. The van der Waals surface area contributed by atoms with E-state index in [0.717, 1.165) is 24.1 Å². The van der Waals surface area contributed by atoms with E-state index >= 15 is 0 Å². The molecule has 120 valence electrons. The van der Waals surface area contributed by atoms with Crippen molar-refractivity contribution in [3.05, 3.63) is 29.8 Å². The molecule has 0 amide bonds. The van der Waals surface area contributed by atoms with Gasteiger partial charge in [0, 0.05) is 0 Å². The average molecular weight is 345 g/mol. The smallest absolute Gasteiger partial charge is 0.206 e. The van der Waals surface area contributed by atoms with Crippen molar-refractivity contribution >= 4 is 20.0 Å². The molecule has 0 aliphatic rings. The van der Waals surface area contributed by atoms with Crippen molar-refractivity contribution in [3.8, 4) is 0 Å². The van der Waals surface area contributed by atoms with Crippen molar-refractivity contribution in [1.82, 2.24) is 4.13 Å². The van der Waals surface area contributed by atoms with Gasteiger partial charge in [-0.1, -0.05) is 30.1 Å². The molecule has 5 nitrogen and oxygen atoms in total. The Morgan fingerprint density at radius 3 is 1.95 bits per heavy atom. The topological polar surface area (TPSA) is 80.3 Å². The summed E-state index contributed by atoms with van der Waals surface area (Å²) in [6, 6.07) is 5.00. The van der Waals surface area contributed by atoms with Gasteiger partial charge in [-0.05, 0) is 30.0 Å². The molecule has 10 heteroatoms. The molecule has 0 saturated carbocycles. The van der Waals surface area contributed by atoms with E-state index in [2.05, 4.69) is 0 Å². The zero-order chi connectivity index (χ0) is 16.5. The molecule has 0 aliphatic carbocycles. The minimum Gasteiger partial charge on any atom is -0.206 e. The fraction of sp³-hybridized carbons (Fsp3) is 0.455. The summed E-state index contributed by atoms with van der Waals surface area (Å²) >= 11 is 0. The predicted octanol–water partition coefficient (Wildman–Crippen LogP) is 2.33. The van der Waals surface area contributed by atoms with E-state index in [1.54, 1.807) is 0 Å². The van der Waals surface area contributed by atoms with Crippen LogP contribution in [0.25, 0.3) is 0 Å². The van der Waals surface area contributed by atoms with Crippen LogP contribution in [0.5, 0.6) is 0 Å². The average Bonchev–Trinajstić information content (AvgIpc) is 2.35. The molecule has 0 spiro atoms. The van der Waals surface area contributed by atoms with Crippen molar-refractivity contribution in [2.24, 2.45) is 0 Å². The molecule has 1 atom stereocenters. The van der Waals surface area contributed by atoms with Gasteiger partial charge in [-0.25, -0.2) is 16.8 Å². The maximum absolute atomic E-state index is 12.2. The number of nitrogens with one attached hydrogen (secondary N) is 1. The fourth-order valence-corrected chi connectivity index (χ4v) is 3.86. The summed E-state index contributed by atoms with van der Waals surface area (Å²) in [6.45, 7) is 3.82. The molecule has 1 aromatic carbocycles. The second-order valence-corrected chi connectivity index (χ2v) is 8.03. The number of halogens is 3. The van der Waals surface area contributed by atoms with Crippen LogP contribution in [0.15, 0.2) is 29.2 Å². The number of hydrogen-bond acceptors (Lipinski definition) is 4. The second-order valence-electron chi connectivity index (χ2n) is 4.41. The SMILES string of the molecule is CCC(C)c1ccc(S(=O)(=O)NS(=O)(=O)C(F)(F)F)cc1. The van der Waals surface area contributed by atoms with Crippen LogP contribution in [0.2, 0.25) is 0 Å². The van der Waals surface area contributed by atoms with Crippen LogP contribution < -0.4 is 4.13 Å². The highest BCUT2D eigenvalue weighted by molar-refractivity contribution is 8.05. The lowest BCUT2D eigenvalue weighted by Crippen LogP contribution is -2.40. The van der Waals surface area contributed by atoms with Gasteiger partial charge in [0.15, 0.2) is 0 Å². The molecule has 1 aromatic rings. The number of rotatable bonds is 5.